The third-order valence-electron chi connectivity index (χ3n) is 3.77. The number of amidine groups is 1. The Morgan fingerprint density at radius 2 is 1.54 bits per heavy atom. The van der Waals surface area contributed by atoms with E-state index >= 15 is 0 Å². The minimum Gasteiger partial charge on any atom is -0.508 e. The maximum atomic E-state index is 11.9. The predicted molar refractivity (Wildman–Crippen MR) is 90.4 cm³/mol. The van der Waals surface area contributed by atoms with Crippen LogP contribution in [0.3, 0.4) is 0 Å². The molecule has 0 saturated carbocycles. The standard InChI is InChI=1S/C18H16N2O4/c21-14-5-1-12(2-6-14)11-16(18(23)24)20(17-9-10-19-17)13-3-7-15(22)8-4-13/h1-10,16,21-22H,11H2,(H,23,24)/t16-/m0/s1. The fourth-order valence-corrected chi connectivity index (χ4v) is 2.51. The van der Waals surface area contributed by atoms with Crippen molar-refractivity contribution in [2.24, 2.45) is 4.99 Å². The van der Waals surface area contributed by atoms with Crippen LogP contribution in [0.2, 0.25) is 0 Å². The number of benzene rings is 2. The number of hydrogen-bond acceptors (Lipinski definition) is 5. The van der Waals surface area contributed by atoms with E-state index in [2.05, 4.69) is 4.99 Å². The van der Waals surface area contributed by atoms with Crippen molar-refractivity contribution < 1.29 is 20.1 Å². The maximum Gasteiger partial charge on any atom is 0.327 e. The molecule has 1 aliphatic heterocycles. The van der Waals surface area contributed by atoms with Crippen LogP contribution in [0.4, 0.5) is 5.69 Å². The molecular weight excluding hydrogens is 308 g/mol. The molecule has 1 aliphatic rings. The van der Waals surface area contributed by atoms with Crippen LogP contribution in [0, 0.1) is 0 Å². The number of nitrogens with zero attached hydrogens (tertiary/aromatic N) is 2. The molecule has 0 bridgehead atoms. The van der Waals surface area contributed by atoms with Crippen LogP contribution in [0.15, 0.2) is 65.8 Å². The summed E-state index contributed by atoms with van der Waals surface area (Å²) in [7, 11) is 0. The van der Waals surface area contributed by atoms with Crippen LogP contribution in [-0.4, -0.2) is 33.2 Å². The molecule has 0 aromatic heterocycles. The molecule has 3 N–H and O–H groups in total. The first-order valence-electron chi connectivity index (χ1n) is 7.38. The van der Waals surface area contributed by atoms with E-state index < -0.39 is 12.0 Å². The molecule has 0 unspecified atom stereocenters. The number of aliphatic imine (C=N–C) groups is 1. The van der Waals surface area contributed by atoms with E-state index in [4.69, 9.17) is 0 Å². The van der Waals surface area contributed by atoms with Gasteiger partial charge in [-0.3, -0.25) is 0 Å². The molecule has 0 spiro atoms. The van der Waals surface area contributed by atoms with Gasteiger partial charge in [0.2, 0.25) is 0 Å². The molecule has 6 nitrogen and oxygen atoms in total. The Hall–Kier alpha value is -3.28. The number of rotatable bonds is 5. The van der Waals surface area contributed by atoms with Gasteiger partial charge in [-0.15, -0.1) is 0 Å². The third-order valence-corrected chi connectivity index (χ3v) is 3.77. The summed E-state index contributed by atoms with van der Waals surface area (Å²) in [6.45, 7) is 0. The predicted octanol–water partition coefficient (Wildman–Crippen LogP) is 2.53. The SMILES string of the molecule is O=C(O)[C@H](Cc1ccc(O)cc1)N(C1=NC=C1)c1ccc(O)cc1. The van der Waals surface area contributed by atoms with Crippen molar-refractivity contribution in [1.82, 2.24) is 0 Å². The summed E-state index contributed by atoms with van der Waals surface area (Å²) in [5, 5.41) is 28.5. The van der Waals surface area contributed by atoms with Gasteiger partial charge in [0.25, 0.3) is 0 Å². The molecule has 1 heterocycles. The van der Waals surface area contributed by atoms with E-state index in [1.165, 1.54) is 24.3 Å². The number of carboxylic acid groups (broad SMARTS) is 1. The lowest BCUT2D eigenvalue weighted by Gasteiger charge is -2.32. The Bertz CT molecular complexity index is 795. The normalized spacial score (nSPS) is 13.8. The van der Waals surface area contributed by atoms with Crippen LogP contribution in [0.5, 0.6) is 11.5 Å². The number of carbonyl (C=O) groups is 1. The second-order valence-corrected chi connectivity index (χ2v) is 5.41. The van der Waals surface area contributed by atoms with Gasteiger partial charge in [-0.05, 0) is 48.0 Å². The zero-order valence-electron chi connectivity index (χ0n) is 12.7. The second-order valence-electron chi connectivity index (χ2n) is 5.41. The molecule has 2 aromatic rings. The Balaban J connectivity index is 1.94. The van der Waals surface area contributed by atoms with Gasteiger partial charge in [-0.2, -0.15) is 0 Å². The van der Waals surface area contributed by atoms with Gasteiger partial charge in [0, 0.05) is 18.3 Å². The summed E-state index contributed by atoms with van der Waals surface area (Å²) in [4.78, 5) is 17.6. The van der Waals surface area contributed by atoms with Crippen molar-refractivity contribution in [3.8, 4) is 11.5 Å². The van der Waals surface area contributed by atoms with Crippen LogP contribution in [0.25, 0.3) is 0 Å². The molecule has 0 amide bonds. The number of aromatic hydroxyl groups is 2. The van der Waals surface area contributed by atoms with Gasteiger partial charge in [-0.25, -0.2) is 9.79 Å². The molecule has 122 valence electrons. The van der Waals surface area contributed by atoms with E-state index in [9.17, 15) is 20.1 Å². The Morgan fingerprint density at radius 3 is 2.00 bits per heavy atom. The number of aliphatic carboxylic acids is 1. The Kier molecular flexibility index (Phi) is 4.20. The summed E-state index contributed by atoms with van der Waals surface area (Å²) in [5.74, 6) is -0.200. The summed E-state index contributed by atoms with van der Waals surface area (Å²) >= 11 is 0. The first-order valence-corrected chi connectivity index (χ1v) is 7.38. The Labute approximate surface area is 138 Å². The largest absolute Gasteiger partial charge is 0.508 e. The molecule has 2 aromatic carbocycles. The van der Waals surface area contributed by atoms with Gasteiger partial charge in [-0.1, -0.05) is 12.1 Å². The third kappa shape index (κ3) is 3.22. The van der Waals surface area contributed by atoms with Crippen molar-refractivity contribution >= 4 is 17.5 Å². The first kappa shape index (κ1) is 15.6. The monoisotopic (exact) mass is 324 g/mol. The number of carboxylic acids is 1. The molecular formula is C18H16N2O4. The fraction of sp³-hybridized carbons (Fsp3) is 0.111. The zero-order valence-corrected chi connectivity index (χ0v) is 12.7. The molecule has 0 aliphatic carbocycles. The molecule has 6 heteroatoms. The van der Waals surface area contributed by atoms with Gasteiger partial charge in [0.15, 0.2) is 0 Å². The van der Waals surface area contributed by atoms with E-state index in [-0.39, 0.29) is 17.9 Å². The van der Waals surface area contributed by atoms with Crippen molar-refractivity contribution in [3.05, 3.63) is 66.4 Å². The van der Waals surface area contributed by atoms with Crippen molar-refractivity contribution in [3.63, 3.8) is 0 Å². The highest BCUT2D eigenvalue weighted by Gasteiger charge is 2.30. The van der Waals surface area contributed by atoms with Gasteiger partial charge >= 0.3 is 5.97 Å². The highest BCUT2D eigenvalue weighted by atomic mass is 16.4. The lowest BCUT2D eigenvalue weighted by atomic mass is 10.0. The number of anilines is 1. The summed E-state index contributed by atoms with van der Waals surface area (Å²) in [6, 6.07) is 11.9. The fourth-order valence-electron chi connectivity index (χ4n) is 2.51. The molecule has 1 atom stereocenters. The highest BCUT2D eigenvalue weighted by molar-refractivity contribution is 6.11. The van der Waals surface area contributed by atoms with E-state index in [1.54, 1.807) is 41.4 Å². The number of phenols is 2. The van der Waals surface area contributed by atoms with Crippen LogP contribution in [-0.2, 0) is 11.2 Å². The first-order chi connectivity index (χ1) is 11.5. The number of phenolic OH excluding ortho intramolecular Hbond substituents is 2. The van der Waals surface area contributed by atoms with Crippen LogP contribution < -0.4 is 4.90 Å². The summed E-state index contributed by atoms with van der Waals surface area (Å²) in [6.07, 6.45) is 3.57. The summed E-state index contributed by atoms with van der Waals surface area (Å²) in [5.41, 5.74) is 1.41. The zero-order chi connectivity index (χ0) is 17.1. The van der Waals surface area contributed by atoms with Gasteiger partial charge < -0.3 is 20.2 Å². The molecule has 24 heavy (non-hydrogen) atoms. The second kappa shape index (κ2) is 6.45. The van der Waals surface area contributed by atoms with E-state index in [0.717, 1.165) is 5.56 Å². The molecule has 0 saturated heterocycles. The minimum absolute atomic E-state index is 0.107. The van der Waals surface area contributed by atoms with Crippen molar-refractivity contribution in [2.75, 3.05) is 4.90 Å². The molecule has 3 rings (SSSR count). The lowest BCUT2D eigenvalue weighted by Crippen LogP contribution is -2.47. The quantitative estimate of drug-likeness (QED) is 0.786. The summed E-state index contributed by atoms with van der Waals surface area (Å²) < 4.78 is 0. The van der Waals surface area contributed by atoms with Crippen molar-refractivity contribution in [2.45, 2.75) is 12.5 Å². The average molecular weight is 324 g/mol. The van der Waals surface area contributed by atoms with Crippen LogP contribution >= 0.6 is 0 Å². The van der Waals surface area contributed by atoms with E-state index in [0.29, 0.717) is 11.5 Å². The highest BCUT2D eigenvalue weighted by Crippen LogP contribution is 2.25. The molecule has 0 radical (unpaired) electrons. The van der Waals surface area contributed by atoms with Crippen LogP contribution in [0.1, 0.15) is 5.56 Å². The smallest absolute Gasteiger partial charge is 0.327 e. The lowest BCUT2D eigenvalue weighted by molar-refractivity contribution is -0.138. The van der Waals surface area contributed by atoms with Gasteiger partial charge in [0.1, 0.15) is 23.4 Å². The maximum absolute atomic E-state index is 11.9. The number of hydrogen-bond donors (Lipinski definition) is 3. The average Bonchev–Trinajstić information content (AvgIpc) is 2.51. The molecule has 0 fully saturated rings. The van der Waals surface area contributed by atoms with Crippen molar-refractivity contribution in [1.29, 1.82) is 0 Å². The Morgan fingerprint density at radius 1 is 1.00 bits per heavy atom. The van der Waals surface area contributed by atoms with E-state index in [1.807, 2.05) is 0 Å². The minimum atomic E-state index is -0.987. The topological polar surface area (TPSA) is 93.4 Å². The van der Waals surface area contributed by atoms with Gasteiger partial charge in [0.05, 0.1) is 0 Å².